The summed E-state index contributed by atoms with van der Waals surface area (Å²) in [5, 5.41) is 13.9. The van der Waals surface area contributed by atoms with Crippen LogP contribution in [-0.4, -0.2) is 14.8 Å². The van der Waals surface area contributed by atoms with E-state index in [1.54, 1.807) is 6.20 Å². The number of aliphatic hydroxyl groups is 1. The lowest BCUT2D eigenvalue weighted by Crippen LogP contribution is -1.96. The third kappa shape index (κ3) is 1.83. The van der Waals surface area contributed by atoms with Crippen molar-refractivity contribution < 1.29 is 9.63 Å². The van der Waals surface area contributed by atoms with Gasteiger partial charge in [-0.15, -0.1) is 0 Å². The van der Waals surface area contributed by atoms with E-state index in [0.717, 1.165) is 22.2 Å². The summed E-state index contributed by atoms with van der Waals surface area (Å²) < 4.78 is 7.18. The Balaban J connectivity index is 2.00. The molecule has 1 N–H and O–H groups in total. The minimum atomic E-state index is 0.0726. The molecule has 0 radical (unpaired) electrons. The van der Waals surface area contributed by atoms with Crippen LogP contribution in [0.3, 0.4) is 0 Å². The molecule has 3 rings (SSSR count). The number of aliphatic hydroxyl groups excluding tert-OH is 1. The maximum atomic E-state index is 9.08. The summed E-state index contributed by atoms with van der Waals surface area (Å²) in [7, 11) is 0. The molecule has 0 unspecified atom stereocenters. The van der Waals surface area contributed by atoms with Crippen LogP contribution in [0.4, 0.5) is 0 Å². The molecule has 0 saturated heterocycles. The zero-order valence-electron chi connectivity index (χ0n) is 9.21. The molecule has 0 aliphatic heterocycles. The van der Waals surface area contributed by atoms with Gasteiger partial charge in [-0.3, -0.25) is 0 Å². The van der Waals surface area contributed by atoms with Gasteiger partial charge in [0.15, 0.2) is 5.76 Å². The van der Waals surface area contributed by atoms with E-state index in [2.05, 4.69) is 9.72 Å². The van der Waals surface area contributed by atoms with Crippen molar-refractivity contribution in [2.24, 2.45) is 0 Å². The Morgan fingerprint density at radius 3 is 2.94 bits per heavy atom. The molecule has 3 aromatic rings. The summed E-state index contributed by atoms with van der Waals surface area (Å²) in [5.74, 6) is 0.828. The van der Waals surface area contributed by atoms with Gasteiger partial charge >= 0.3 is 0 Å². The van der Waals surface area contributed by atoms with Crippen molar-refractivity contribution in [1.82, 2.24) is 9.72 Å². The van der Waals surface area contributed by atoms with E-state index in [1.165, 1.54) is 0 Å². The molecular weight excluding hydrogens is 216 g/mol. The van der Waals surface area contributed by atoms with Gasteiger partial charge in [0, 0.05) is 17.8 Å². The minimum Gasteiger partial charge on any atom is -0.392 e. The molecule has 0 bridgehead atoms. The fourth-order valence-electron chi connectivity index (χ4n) is 1.98. The van der Waals surface area contributed by atoms with E-state index in [9.17, 15) is 0 Å². The van der Waals surface area contributed by atoms with E-state index >= 15 is 0 Å². The minimum absolute atomic E-state index is 0.0726. The number of nitrogens with zero attached hydrogens (tertiary/aromatic N) is 2. The average molecular weight is 228 g/mol. The van der Waals surface area contributed by atoms with Crippen molar-refractivity contribution in [3.05, 3.63) is 54.0 Å². The Kier molecular flexibility index (Phi) is 2.42. The quantitative estimate of drug-likeness (QED) is 0.747. The van der Waals surface area contributed by atoms with Crippen LogP contribution < -0.4 is 0 Å². The van der Waals surface area contributed by atoms with E-state index in [-0.39, 0.29) is 6.61 Å². The topological polar surface area (TPSA) is 51.2 Å². The Morgan fingerprint density at radius 2 is 2.18 bits per heavy atom. The molecule has 4 nitrogen and oxygen atoms in total. The zero-order valence-corrected chi connectivity index (χ0v) is 9.21. The Morgan fingerprint density at radius 1 is 1.24 bits per heavy atom. The van der Waals surface area contributed by atoms with Gasteiger partial charge in [0.25, 0.3) is 0 Å². The molecule has 0 atom stereocenters. The maximum Gasteiger partial charge on any atom is 0.156 e. The van der Waals surface area contributed by atoms with Gasteiger partial charge in [0.1, 0.15) is 0 Å². The first-order valence-electron chi connectivity index (χ1n) is 5.45. The Labute approximate surface area is 98.1 Å². The van der Waals surface area contributed by atoms with E-state index in [1.807, 2.05) is 36.5 Å². The van der Waals surface area contributed by atoms with Crippen molar-refractivity contribution >= 4 is 10.9 Å². The summed E-state index contributed by atoms with van der Waals surface area (Å²) >= 11 is 0. The van der Waals surface area contributed by atoms with Crippen LogP contribution in [-0.2, 0) is 13.2 Å². The normalized spacial score (nSPS) is 11.1. The summed E-state index contributed by atoms with van der Waals surface area (Å²) in [4.78, 5) is 0. The highest BCUT2D eigenvalue weighted by molar-refractivity contribution is 5.80. The third-order valence-electron chi connectivity index (χ3n) is 2.84. The SMILES string of the molecule is OCc1ccc2c(ccn2Cc2ccno2)c1. The fraction of sp³-hybridized carbons (Fsp3) is 0.154. The van der Waals surface area contributed by atoms with Crippen LogP contribution in [0.2, 0.25) is 0 Å². The first-order chi connectivity index (χ1) is 8.36. The molecular formula is C13H12N2O2. The van der Waals surface area contributed by atoms with Crippen LogP contribution in [0.25, 0.3) is 10.9 Å². The van der Waals surface area contributed by atoms with Crippen LogP contribution in [0.15, 0.2) is 47.2 Å². The van der Waals surface area contributed by atoms with Crippen molar-refractivity contribution in [3.8, 4) is 0 Å². The highest BCUT2D eigenvalue weighted by Crippen LogP contribution is 2.19. The summed E-state index contributed by atoms with van der Waals surface area (Å²) in [6.07, 6.45) is 3.65. The van der Waals surface area contributed by atoms with Gasteiger partial charge in [-0.25, -0.2) is 0 Å². The van der Waals surface area contributed by atoms with Crippen molar-refractivity contribution in [1.29, 1.82) is 0 Å². The van der Waals surface area contributed by atoms with Gasteiger partial charge in [-0.2, -0.15) is 0 Å². The number of benzene rings is 1. The lowest BCUT2D eigenvalue weighted by molar-refractivity contribution is 0.282. The number of hydrogen-bond acceptors (Lipinski definition) is 3. The van der Waals surface area contributed by atoms with E-state index in [0.29, 0.717) is 6.54 Å². The first-order valence-corrected chi connectivity index (χ1v) is 5.45. The molecule has 86 valence electrons. The van der Waals surface area contributed by atoms with Gasteiger partial charge < -0.3 is 14.2 Å². The van der Waals surface area contributed by atoms with Gasteiger partial charge in [-0.05, 0) is 29.1 Å². The molecule has 0 fully saturated rings. The van der Waals surface area contributed by atoms with Crippen LogP contribution in [0.1, 0.15) is 11.3 Å². The molecule has 2 heterocycles. The summed E-state index contributed by atoms with van der Waals surface area (Å²) in [5.41, 5.74) is 2.05. The standard InChI is InChI=1S/C13H12N2O2/c16-9-10-1-2-13-11(7-10)4-6-15(13)8-12-3-5-14-17-12/h1-7,16H,8-9H2. The van der Waals surface area contributed by atoms with Gasteiger partial charge in [0.2, 0.25) is 0 Å². The third-order valence-corrected chi connectivity index (χ3v) is 2.84. The van der Waals surface area contributed by atoms with Crippen molar-refractivity contribution in [3.63, 3.8) is 0 Å². The smallest absolute Gasteiger partial charge is 0.156 e. The second-order valence-electron chi connectivity index (χ2n) is 3.97. The molecule has 0 aliphatic carbocycles. The second kappa shape index (κ2) is 4.07. The lowest BCUT2D eigenvalue weighted by Gasteiger charge is -2.03. The van der Waals surface area contributed by atoms with Crippen LogP contribution >= 0.6 is 0 Å². The van der Waals surface area contributed by atoms with Crippen molar-refractivity contribution in [2.45, 2.75) is 13.2 Å². The lowest BCUT2D eigenvalue weighted by atomic mass is 10.2. The van der Waals surface area contributed by atoms with Crippen molar-refractivity contribution in [2.75, 3.05) is 0 Å². The highest BCUT2D eigenvalue weighted by atomic mass is 16.5. The largest absolute Gasteiger partial charge is 0.392 e. The first kappa shape index (κ1) is 10.1. The molecule has 0 aliphatic rings. The summed E-state index contributed by atoms with van der Waals surface area (Å²) in [6.45, 7) is 0.741. The maximum absolute atomic E-state index is 9.08. The Hall–Kier alpha value is -2.07. The number of rotatable bonds is 3. The fourth-order valence-corrected chi connectivity index (χ4v) is 1.98. The number of hydrogen-bond donors (Lipinski definition) is 1. The molecule has 4 heteroatoms. The van der Waals surface area contributed by atoms with E-state index in [4.69, 9.17) is 9.63 Å². The predicted molar refractivity (Wildman–Crippen MR) is 63.5 cm³/mol. The number of fused-ring (bicyclic) bond motifs is 1. The second-order valence-corrected chi connectivity index (χ2v) is 3.97. The molecule has 0 saturated carbocycles. The molecule has 17 heavy (non-hydrogen) atoms. The Bertz CT molecular complexity index is 626. The number of aromatic nitrogens is 2. The van der Waals surface area contributed by atoms with Gasteiger partial charge in [-0.1, -0.05) is 11.2 Å². The molecule has 0 spiro atoms. The predicted octanol–water partition coefficient (Wildman–Crippen LogP) is 2.17. The van der Waals surface area contributed by atoms with Crippen LogP contribution in [0.5, 0.6) is 0 Å². The molecule has 0 amide bonds. The monoisotopic (exact) mass is 228 g/mol. The van der Waals surface area contributed by atoms with Gasteiger partial charge in [0.05, 0.1) is 19.3 Å². The molecule has 2 aromatic heterocycles. The highest BCUT2D eigenvalue weighted by Gasteiger charge is 2.04. The summed E-state index contributed by atoms with van der Waals surface area (Å²) in [6, 6.07) is 9.82. The van der Waals surface area contributed by atoms with E-state index < -0.39 is 0 Å². The zero-order chi connectivity index (χ0) is 11.7. The van der Waals surface area contributed by atoms with Crippen LogP contribution in [0, 0.1) is 0 Å². The molecule has 1 aromatic carbocycles. The average Bonchev–Trinajstić information content (AvgIpc) is 2.99.